The van der Waals surface area contributed by atoms with E-state index in [1.807, 2.05) is 0 Å². The molecule has 0 spiro atoms. The fourth-order valence-corrected chi connectivity index (χ4v) is 2.12. The fraction of sp³-hybridized carbons (Fsp3) is 0.250. The highest BCUT2D eigenvalue weighted by Crippen LogP contribution is 2.26. The second kappa shape index (κ2) is 5.12. The van der Waals surface area contributed by atoms with Gasteiger partial charge in [0.2, 0.25) is 11.8 Å². The lowest BCUT2D eigenvalue weighted by Gasteiger charge is -2.33. The van der Waals surface area contributed by atoms with Gasteiger partial charge < -0.3 is 10.6 Å². The Kier molecular flexibility index (Phi) is 3.67. The van der Waals surface area contributed by atoms with Crippen molar-refractivity contribution in [2.45, 2.75) is 13.0 Å². The van der Waals surface area contributed by atoms with E-state index < -0.39 is 29.5 Å². The number of nitrogens with one attached hydrogen (secondary N) is 1. The molecule has 1 atom stereocenters. The molecule has 0 radical (unpaired) electrons. The van der Waals surface area contributed by atoms with Crippen molar-refractivity contribution in [3.8, 4) is 0 Å². The molecule has 1 aliphatic heterocycles. The smallest absolute Gasteiger partial charge is 0.249 e. The van der Waals surface area contributed by atoms with Crippen LogP contribution in [0.1, 0.15) is 12.5 Å². The number of hydrogen-bond donors (Lipinski definition) is 2. The average molecular weight is 299 g/mol. The average Bonchev–Trinajstić information content (AvgIpc) is 2.37. The minimum absolute atomic E-state index is 0.182. The Morgan fingerprint density at radius 2 is 2.05 bits per heavy atom. The summed E-state index contributed by atoms with van der Waals surface area (Å²) in [5, 5.41) is 2.12. The van der Waals surface area contributed by atoms with Gasteiger partial charge in [0.05, 0.1) is 12.2 Å². The van der Waals surface area contributed by atoms with Gasteiger partial charge in [-0.05, 0) is 19.1 Å². The van der Waals surface area contributed by atoms with Gasteiger partial charge in [0, 0.05) is 5.56 Å². The maximum absolute atomic E-state index is 14.1. The first-order valence-corrected chi connectivity index (χ1v) is 6.12. The molecule has 0 saturated carbocycles. The largest absolute Gasteiger partial charge is 0.389 e. The van der Waals surface area contributed by atoms with Crippen molar-refractivity contribution >= 4 is 34.7 Å². The first kappa shape index (κ1) is 14.3. The lowest BCUT2D eigenvalue weighted by Crippen LogP contribution is -2.57. The van der Waals surface area contributed by atoms with Crippen LogP contribution in [0.3, 0.4) is 0 Å². The molecule has 1 fully saturated rings. The van der Waals surface area contributed by atoms with Gasteiger partial charge >= 0.3 is 0 Å². The monoisotopic (exact) mass is 299 g/mol. The Labute approximate surface area is 118 Å². The third kappa shape index (κ3) is 2.34. The molecule has 1 aromatic carbocycles. The van der Waals surface area contributed by atoms with E-state index in [0.717, 1.165) is 0 Å². The molecule has 2 amide bonds. The van der Waals surface area contributed by atoms with Crippen LogP contribution in [-0.4, -0.2) is 29.4 Å². The molecule has 2 rings (SSSR count). The SMILES string of the molecule is CC1C(=O)NC(=O)CN1c1ccc(C(N)=S)c(F)c1F. The van der Waals surface area contributed by atoms with Crippen molar-refractivity contribution in [2.24, 2.45) is 5.73 Å². The molecule has 5 nitrogen and oxygen atoms in total. The lowest BCUT2D eigenvalue weighted by atomic mass is 10.1. The molecule has 1 aliphatic rings. The zero-order valence-corrected chi connectivity index (χ0v) is 11.3. The Bertz CT molecular complexity index is 621. The summed E-state index contributed by atoms with van der Waals surface area (Å²) in [7, 11) is 0. The van der Waals surface area contributed by atoms with Crippen LogP contribution in [0.4, 0.5) is 14.5 Å². The number of imide groups is 1. The van der Waals surface area contributed by atoms with E-state index in [0.29, 0.717) is 0 Å². The molecular weight excluding hydrogens is 288 g/mol. The molecule has 1 unspecified atom stereocenters. The number of benzene rings is 1. The number of anilines is 1. The molecule has 106 valence electrons. The van der Waals surface area contributed by atoms with Crippen molar-refractivity contribution in [1.82, 2.24) is 5.32 Å². The summed E-state index contributed by atoms with van der Waals surface area (Å²) in [4.78, 5) is 23.8. The summed E-state index contributed by atoms with van der Waals surface area (Å²) in [6, 6.07) is 1.67. The van der Waals surface area contributed by atoms with Gasteiger partial charge in [-0.3, -0.25) is 14.9 Å². The van der Waals surface area contributed by atoms with E-state index >= 15 is 0 Å². The van der Waals surface area contributed by atoms with Gasteiger partial charge in [0.1, 0.15) is 11.0 Å². The lowest BCUT2D eigenvalue weighted by molar-refractivity contribution is -0.132. The first-order chi connectivity index (χ1) is 9.32. The van der Waals surface area contributed by atoms with E-state index in [9.17, 15) is 18.4 Å². The number of amides is 2. The number of hydrogen-bond acceptors (Lipinski definition) is 4. The van der Waals surface area contributed by atoms with E-state index in [2.05, 4.69) is 17.5 Å². The normalized spacial score (nSPS) is 18.9. The van der Waals surface area contributed by atoms with E-state index in [1.54, 1.807) is 0 Å². The fourth-order valence-electron chi connectivity index (χ4n) is 1.96. The molecule has 1 heterocycles. The molecular formula is C12H11F2N3O2S. The van der Waals surface area contributed by atoms with Gasteiger partial charge in [-0.1, -0.05) is 12.2 Å². The molecule has 1 aromatic rings. The maximum Gasteiger partial charge on any atom is 0.249 e. The highest BCUT2D eigenvalue weighted by molar-refractivity contribution is 7.80. The number of rotatable bonds is 2. The molecule has 0 aliphatic carbocycles. The van der Waals surface area contributed by atoms with E-state index in [4.69, 9.17) is 5.73 Å². The van der Waals surface area contributed by atoms with Crippen LogP contribution in [0.25, 0.3) is 0 Å². The van der Waals surface area contributed by atoms with E-state index in [-0.39, 0.29) is 22.8 Å². The highest BCUT2D eigenvalue weighted by Gasteiger charge is 2.32. The minimum atomic E-state index is -1.19. The predicted molar refractivity (Wildman–Crippen MR) is 72.2 cm³/mol. The summed E-state index contributed by atoms with van der Waals surface area (Å²) in [5.74, 6) is -3.53. The summed E-state index contributed by atoms with van der Waals surface area (Å²) in [6.07, 6.45) is 0. The Morgan fingerprint density at radius 3 is 2.65 bits per heavy atom. The number of thiocarbonyl (C=S) groups is 1. The summed E-state index contributed by atoms with van der Waals surface area (Å²) < 4.78 is 27.9. The van der Waals surface area contributed by atoms with Crippen LogP contribution < -0.4 is 16.0 Å². The van der Waals surface area contributed by atoms with Gasteiger partial charge in [-0.25, -0.2) is 8.78 Å². The van der Waals surface area contributed by atoms with Crippen molar-refractivity contribution < 1.29 is 18.4 Å². The molecule has 0 bridgehead atoms. The summed E-state index contributed by atoms with van der Waals surface area (Å²) in [5.41, 5.74) is 4.87. The number of halogens is 2. The number of carbonyl (C=O) groups excluding carboxylic acids is 2. The van der Waals surface area contributed by atoms with Crippen molar-refractivity contribution in [3.63, 3.8) is 0 Å². The molecule has 20 heavy (non-hydrogen) atoms. The zero-order valence-electron chi connectivity index (χ0n) is 10.4. The number of carbonyl (C=O) groups is 2. The van der Waals surface area contributed by atoms with Crippen molar-refractivity contribution in [2.75, 3.05) is 11.4 Å². The Hall–Kier alpha value is -2.09. The van der Waals surface area contributed by atoms with E-state index in [1.165, 1.54) is 24.0 Å². The standard InChI is InChI=1S/C12H11F2N3O2S/c1-5-12(19)16-8(18)4-17(5)7-3-2-6(11(15)20)9(13)10(7)14/h2-3,5H,4H2,1H3,(H2,15,20)(H,16,18,19). The predicted octanol–water partition coefficient (Wildman–Crippen LogP) is 0.450. The molecule has 8 heteroatoms. The summed E-state index contributed by atoms with van der Waals surface area (Å²) >= 11 is 4.61. The topological polar surface area (TPSA) is 75.4 Å². The molecule has 1 saturated heterocycles. The third-order valence-electron chi connectivity index (χ3n) is 3.06. The minimum Gasteiger partial charge on any atom is -0.389 e. The first-order valence-electron chi connectivity index (χ1n) is 5.71. The van der Waals surface area contributed by atoms with Crippen LogP contribution in [0, 0.1) is 11.6 Å². The zero-order chi connectivity index (χ0) is 15.0. The maximum atomic E-state index is 14.1. The van der Waals surface area contributed by atoms with Crippen LogP contribution >= 0.6 is 12.2 Å². The van der Waals surface area contributed by atoms with Crippen LogP contribution in [0.15, 0.2) is 12.1 Å². The van der Waals surface area contributed by atoms with Crippen LogP contribution in [0.5, 0.6) is 0 Å². The number of piperazine rings is 1. The number of nitrogens with two attached hydrogens (primary N) is 1. The highest BCUT2D eigenvalue weighted by atomic mass is 32.1. The second-order valence-electron chi connectivity index (χ2n) is 4.34. The van der Waals surface area contributed by atoms with Crippen LogP contribution in [0.2, 0.25) is 0 Å². The van der Waals surface area contributed by atoms with Crippen LogP contribution in [-0.2, 0) is 9.59 Å². The summed E-state index contributed by atoms with van der Waals surface area (Å²) in [6.45, 7) is 1.25. The number of nitrogens with zero attached hydrogens (tertiary/aromatic N) is 1. The van der Waals surface area contributed by atoms with Gasteiger partial charge in [0.15, 0.2) is 11.6 Å². The molecule has 3 N–H and O–H groups in total. The van der Waals surface area contributed by atoms with Gasteiger partial charge in [-0.15, -0.1) is 0 Å². The van der Waals surface area contributed by atoms with Gasteiger partial charge in [0.25, 0.3) is 0 Å². The van der Waals surface area contributed by atoms with Crippen molar-refractivity contribution in [1.29, 1.82) is 0 Å². The quantitative estimate of drug-likeness (QED) is 0.612. The third-order valence-corrected chi connectivity index (χ3v) is 3.28. The Morgan fingerprint density at radius 1 is 1.40 bits per heavy atom. The Balaban J connectivity index is 2.47. The second-order valence-corrected chi connectivity index (χ2v) is 4.78. The van der Waals surface area contributed by atoms with Gasteiger partial charge in [-0.2, -0.15) is 0 Å². The van der Waals surface area contributed by atoms with Crippen molar-refractivity contribution in [3.05, 3.63) is 29.3 Å². The molecule has 0 aromatic heterocycles.